The molecule has 0 bridgehead atoms. The first kappa shape index (κ1) is 17.2. The third kappa shape index (κ3) is 3.66. The van der Waals surface area contributed by atoms with E-state index >= 15 is 0 Å². The maximum absolute atomic E-state index is 12.7. The molecule has 1 aromatic heterocycles. The van der Waals surface area contributed by atoms with Crippen molar-refractivity contribution in [3.8, 4) is 11.5 Å². The van der Waals surface area contributed by atoms with Crippen molar-refractivity contribution >= 4 is 34.1 Å². The molecule has 27 heavy (non-hydrogen) atoms. The van der Waals surface area contributed by atoms with E-state index in [4.69, 9.17) is 16.3 Å². The number of hydrogen-bond acceptors (Lipinski definition) is 2. The summed E-state index contributed by atoms with van der Waals surface area (Å²) in [6.45, 7) is 0. The van der Waals surface area contributed by atoms with Crippen LogP contribution >= 0.6 is 11.6 Å². The average Bonchev–Trinajstić information content (AvgIpc) is 3.01. The van der Waals surface area contributed by atoms with Crippen LogP contribution in [0.25, 0.3) is 10.9 Å². The Hall–Kier alpha value is -3.24. The predicted octanol–water partition coefficient (Wildman–Crippen LogP) is 5.88. The van der Waals surface area contributed by atoms with Crippen molar-refractivity contribution in [1.82, 2.24) is 4.57 Å². The van der Waals surface area contributed by atoms with Gasteiger partial charge in [-0.3, -0.25) is 4.79 Å². The van der Waals surface area contributed by atoms with Crippen molar-refractivity contribution in [3.63, 3.8) is 0 Å². The van der Waals surface area contributed by atoms with Crippen molar-refractivity contribution in [2.24, 2.45) is 7.05 Å². The topological polar surface area (TPSA) is 43.3 Å². The molecule has 0 aliphatic carbocycles. The number of aromatic nitrogens is 1. The lowest BCUT2D eigenvalue weighted by Gasteiger charge is -2.07. The Bertz CT molecular complexity index is 1100. The number of nitrogens with zero attached hydrogens (tertiary/aromatic N) is 1. The first-order chi connectivity index (χ1) is 13.1. The van der Waals surface area contributed by atoms with E-state index in [1.165, 1.54) is 0 Å². The molecule has 5 heteroatoms. The number of carbonyl (C=O) groups is 1. The number of halogens is 1. The minimum Gasteiger partial charge on any atom is -0.457 e. The largest absolute Gasteiger partial charge is 0.457 e. The quantitative estimate of drug-likeness (QED) is 0.483. The molecule has 4 rings (SSSR count). The molecule has 1 amide bonds. The fourth-order valence-corrected chi connectivity index (χ4v) is 3.09. The Morgan fingerprint density at radius 3 is 2.41 bits per heavy atom. The third-order valence-corrected chi connectivity index (χ3v) is 4.58. The highest BCUT2D eigenvalue weighted by atomic mass is 35.5. The van der Waals surface area contributed by atoms with Gasteiger partial charge in [0.2, 0.25) is 0 Å². The first-order valence-electron chi connectivity index (χ1n) is 8.49. The molecular formula is C22H17ClN2O2. The molecule has 0 spiro atoms. The van der Waals surface area contributed by atoms with Crippen molar-refractivity contribution in [2.75, 3.05) is 5.32 Å². The number of benzene rings is 3. The monoisotopic (exact) mass is 376 g/mol. The molecule has 3 aromatic carbocycles. The lowest BCUT2D eigenvalue weighted by molar-refractivity contribution is 0.102. The van der Waals surface area contributed by atoms with E-state index in [0.29, 0.717) is 16.4 Å². The smallest absolute Gasteiger partial charge is 0.272 e. The zero-order chi connectivity index (χ0) is 18.8. The number of ether oxygens (including phenoxy) is 1. The van der Waals surface area contributed by atoms with Crippen LogP contribution in [0.5, 0.6) is 11.5 Å². The number of carbonyl (C=O) groups excluding carboxylic acids is 1. The van der Waals surface area contributed by atoms with E-state index in [9.17, 15) is 4.79 Å². The summed E-state index contributed by atoms with van der Waals surface area (Å²) in [5.41, 5.74) is 2.22. The van der Waals surface area contributed by atoms with Gasteiger partial charge in [-0.25, -0.2) is 0 Å². The second kappa shape index (κ2) is 7.17. The Morgan fingerprint density at radius 1 is 0.926 bits per heavy atom. The molecule has 0 unspecified atom stereocenters. The summed E-state index contributed by atoms with van der Waals surface area (Å²) < 4.78 is 7.75. The van der Waals surface area contributed by atoms with E-state index in [1.54, 1.807) is 24.3 Å². The molecule has 0 aliphatic rings. The Morgan fingerprint density at radius 2 is 1.67 bits per heavy atom. The Balaban J connectivity index is 1.61. The van der Waals surface area contributed by atoms with Crippen LogP contribution < -0.4 is 10.1 Å². The summed E-state index contributed by atoms with van der Waals surface area (Å²) in [5.74, 6) is 1.32. The first-order valence-corrected chi connectivity index (χ1v) is 8.87. The second-order valence-electron chi connectivity index (χ2n) is 6.19. The van der Waals surface area contributed by atoms with E-state index in [2.05, 4.69) is 5.32 Å². The van der Waals surface area contributed by atoms with Gasteiger partial charge in [0.1, 0.15) is 17.2 Å². The number of hydrogen-bond donors (Lipinski definition) is 1. The van der Waals surface area contributed by atoms with Gasteiger partial charge in [-0.05, 0) is 60.7 Å². The van der Waals surface area contributed by atoms with Crippen LogP contribution in [0.3, 0.4) is 0 Å². The second-order valence-corrected chi connectivity index (χ2v) is 6.62. The van der Waals surface area contributed by atoms with Gasteiger partial charge in [0, 0.05) is 28.7 Å². The third-order valence-electron chi connectivity index (χ3n) is 4.33. The molecule has 0 saturated heterocycles. The highest BCUT2D eigenvalue weighted by Crippen LogP contribution is 2.27. The summed E-state index contributed by atoms with van der Waals surface area (Å²) in [6, 6.07) is 24.3. The maximum atomic E-state index is 12.7. The van der Waals surface area contributed by atoms with Crippen LogP contribution in [-0.4, -0.2) is 10.5 Å². The van der Waals surface area contributed by atoms with Crippen LogP contribution in [0.4, 0.5) is 5.69 Å². The highest BCUT2D eigenvalue weighted by Gasteiger charge is 2.14. The summed E-state index contributed by atoms with van der Waals surface area (Å²) in [4.78, 5) is 12.7. The molecule has 0 fully saturated rings. The van der Waals surface area contributed by atoms with Crippen molar-refractivity contribution < 1.29 is 9.53 Å². The van der Waals surface area contributed by atoms with Gasteiger partial charge in [0.15, 0.2) is 0 Å². The van der Waals surface area contributed by atoms with Crippen LogP contribution in [0, 0.1) is 0 Å². The van der Waals surface area contributed by atoms with Crippen LogP contribution in [0.15, 0.2) is 78.9 Å². The van der Waals surface area contributed by atoms with Crippen molar-refractivity contribution in [1.29, 1.82) is 0 Å². The number of nitrogens with one attached hydrogen (secondary N) is 1. The van der Waals surface area contributed by atoms with Gasteiger partial charge in [0.05, 0.1) is 0 Å². The minimum atomic E-state index is -0.179. The SMILES string of the molecule is Cn1c(C(=O)Nc2ccc(Cl)cc2)cc2cc(Oc3ccccc3)ccc21. The highest BCUT2D eigenvalue weighted by molar-refractivity contribution is 6.30. The summed E-state index contributed by atoms with van der Waals surface area (Å²) >= 11 is 5.89. The van der Waals surface area contributed by atoms with E-state index in [1.807, 2.05) is 66.2 Å². The number of aryl methyl sites for hydroxylation is 1. The van der Waals surface area contributed by atoms with E-state index in [0.717, 1.165) is 22.4 Å². The van der Waals surface area contributed by atoms with E-state index < -0.39 is 0 Å². The number of anilines is 1. The molecular weight excluding hydrogens is 360 g/mol. The minimum absolute atomic E-state index is 0.179. The fourth-order valence-electron chi connectivity index (χ4n) is 2.96. The molecule has 0 radical (unpaired) electrons. The van der Waals surface area contributed by atoms with Crippen molar-refractivity contribution in [3.05, 3.63) is 89.6 Å². The number of amides is 1. The standard InChI is InChI=1S/C22H17ClN2O2/c1-25-20-12-11-19(27-18-5-3-2-4-6-18)13-15(20)14-21(25)22(26)24-17-9-7-16(23)8-10-17/h2-14H,1H3,(H,24,26). The number of rotatable bonds is 4. The van der Waals surface area contributed by atoms with Gasteiger partial charge in [-0.15, -0.1) is 0 Å². The fraction of sp³-hybridized carbons (Fsp3) is 0.0455. The Labute approximate surface area is 162 Å². The zero-order valence-corrected chi connectivity index (χ0v) is 15.4. The van der Waals surface area contributed by atoms with Crippen molar-refractivity contribution in [2.45, 2.75) is 0 Å². The summed E-state index contributed by atoms with van der Waals surface area (Å²) in [5, 5.41) is 4.46. The van der Waals surface area contributed by atoms with Crippen LogP contribution in [0.2, 0.25) is 5.02 Å². The maximum Gasteiger partial charge on any atom is 0.272 e. The molecule has 1 heterocycles. The van der Waals surface area contributed by atoms with Gasteiger partial charge >= 0.3 is 0 Å². The molecule has 4 nitrogen and oxygen atoms in total. The number of fused-ring (bicyclic) bond motifs is 1. The lowest BCUT2D eigenvalue weighted by Crippen LogP contribution is -2.15. The van der Waals surface area contributed by atoms with Gasteiger partial charge in [-0.2, -0.15) is 0 Å². The average molecular weight is 377 g/mol. The van der Waals surface area contributed by atoms with Gasteiger partial charge < -0.3 is 14.6 Å². The van der Waals surface area contributed by atoms with Crippen LogP contribution in [0.1, 0.15) is 10.5 Å². The van der Waals surface area contributed by atoms with Gasteiger partial charge in [0.25, 0.3) is 5.91 Å². The number of para-hydroxylation sites is 1. The Kier molecular flexibility index (Phi) is 4.57. The molecule has 0 saturated carbocycles. The zero-order valence-electron chi connectivity index (χ0n) is 14.6. The molecule has 134 valence electrons. The lowest BCUT2D eigenvalue weighted by atomic mass is 10.2. The molecule has 1 N–H and O–H groups in total. The molecule has 0 aliphatic heterocycles. The summed E-state index contributed by atoms with van der Waals surface area (Å²) in [6.07, 6.45) is 0. The van der Waals surface area contributed by atoms with E-state index in [-0.39, 0.29) is 5.91 Å². The molecule has 4 aromatic rings. The van der Waals surface area contributed by atoms with Gasteiger partial charge in [-0.1, -0.05) is 29.8 Å². The normalized spacial score (nSPS) is 10.7. The summed E-state index contributed by atoms with van der Waals surface area (Å²) in [7, 11) is 1.87. The molecule has 0 atom stereocenters. The predicted molar refractivity (Wildman–Crippen MR) is 109 cm³/mol. The van der Waals surface area contributed by atoms with Crippen LogP contribution in [-0.2, 0) is 7.05 Å².